The number of nitrogens with zero attached hydrogens (tertiary/aromatic N) is 3. The third-order valence-electron chi connectivity index (χ3n) is 5.66. The summed E-state index contributed by atoms with van der Waals surface area (Å²) in [5, 5.41) is 0. The molecule has 2 unspecified atom stereocenters. The minimum absolute atomic E-state index is 0.0427. The van der Waals surface area contributed by atoms with Crippen LogP contribution in [0.2, 0.25) is 0 Å². The van der Waals surface area contributed by atoms with E-state index in [9.17, 15) is 13.2 Å². The number of carbonyl (C=O) groups excluding carboxylic acids is 1. The van der Waals surface area contributed by atoms with Crippen molar-refractivity contribution in [1.82, 2.24) is 14.8 Å². The molecule has 4 rings (SSSR count). The van der Waals surface area contributed by atoms with Crippen molar-refractivity contribution in [2.24, 2.45) is 0 Å². The van der Waals surface area contributed by atoms with Crippen LogP contribution in [0.3, 0.4) is 0 Å². The minimum atomic E-state index is -3.17. The van der Waals surface area contributed by atoms with E-state index in [1.54, 1.807) is 17.3 Å². The number of aryl methyl sites for hydroxylation is 2. The lowest BCUT2D eigenvalue weighted by Crippen LogP contribution is -2.60. The molecule has 0 aliphatic carbocycles. The molecule has 0 bridgehead atoms. The van der Waals surface area contributed by atoms with Gasteiger partial charge in [-0.1, -0.05) is 17.2 Å². The molecule has 2 aliphatic rings. The number of aromatic nitrogens is 1. The zero-order chi connectivity index (χ0) is 19.9. The zero-order valence-electron chi connectivity index (χ0n) is 16.2. The molecule has 0 N–H and O–H groups in total. The van der Waals surface area contributed by atoms with E-state index in [0.29, 0.717) is 25.2 Å². The summed E-state index contributed by atoms with van der Waals surface area (Å²) in [6.45, 7) is 5.81. The Kier molecular flexibility index (Phi) is 4.97. The summed E-state index contributed by atoms with van der Waals surface area (Å²) in [5.74, 6) is 0.0860. The van der Waals surface area contributed by atoms with Crippen LogP contribution in [-0.4, -0.2) is 65.8 Å². The first kappa shape index (κ1) is 19.1. The number of carbonyl (C=O) groups is 1. The number of pyridine rings is 1. The van der Waals surface area contributed by atoms with Crippen molar-refractivity contribution in [2.75, 3.05) is 24.6 Å². The Morgan fingerprint density at radius 2 is 1.68 bits per heavy atom. The van der Waals surface area contributed by atoms with E-state index in [0.717, 1.165) is 16.7 Å². The van der Waals surface area contributed by atoms with Gasteiger partial charge in [0, 0.05) is 43.6 Å². The van der Waals surface area contributed by atoms with Crippen molar-refractivity contribution in [3.05, 3.63) is 65.0 Å². The third-order valence-corrected chi connectivity index (χ3v) is 7.35. The maximum absolute atomic E-state index is 13.2. The molecule has 1 amide bonds. The van der Waals surface area contributed by atoms with Gasteiger partial charge in [0.05, 0.1) is 17.5 Å². The van der Waals surface area contributed by atoms with Crippen LogP contribution in [0, 0.1) is 13.8 Å². The Balaban J connectivity index is 1.60. The molecule has 6 nitrogen and oxygen atoms in total. The second kappa shape index (κ2) is 7.29. The Labute approximate surface area is 166 Å². The molecule has 0 saturated carbocycles. The zero-order valence-corrected chi connectivity index (χ0v) is 17.0. The predicted octanol–water partition coefficient (Wildman–Crippen LogP) is 1.82. The topological polar surface area (TPSA) is 70.6 Å². The number of amides is 1. The number of benzene rings is 1. The molecule has 1 aromatic carbocycles. The molecule has 148 valence electrons. The van der Waals surface area contributed by atoms with E-state index >= 15 is 0 Å². The quantitative estimate of drug-likeness (QED) is 0.787. The highest BCUT2D eigenvalue weighted by Gasteiger charge is 2.48. The van der Waals surface area contributed by atoms with E-state index in [-0.39, 0.29) is 29.5 Å². The minimum Gasteiger partial charge on any atom is -0.332 e. The fourth-order valence-electron chi connectivity index (χ4n) is 4.46. The van der Waals surface area contributed by atoms with Gasteiger partial charge < -0.3 is 4.90 Å². The summed E-state index contributed by atoms with van der Waals surface area (Å²) in [4.78, 5) is 21.3. The summed E-state index contributed by atoms with van der Waals surface area (Å²) >= 11 is 0. The standard InChI is InChI=1S/C21H25N3O3S/c1-15-9-16(2)11-18(10-15)21(25)24-8-7-23(12-17-3-5-22-6-4-17)19-13-28(26,27)14-20(19)24/h3-6,9-11,19-20H,7-8,12-14H2,1-2H3. The van der Waals surface area contributed by atoms with Gasteiger partial charge in [-0.3, -0.25) is 14.7 Å². The molecule has 2 saturated heterocycles. The largest absolute Gasteiger partial charge is 0.332 e. The van der Waals surface area contributed by atoms with Gasteiger partial charge in [0.2, 0.25) is 0 Å². The van der Waals surface area contributed by atoms with Crippen LogP contribution in [0.5, 0.6) is 0 Å². The van der Waals surface area contributed by atoms with Crippen LogP contribution in [0.4, 0.5) is 0 Å². The van der Waals surface area contributed by atoms with E-state index in [2.05, 4.69) is 9.88 Å². The summed E-state index contributed by atoms with van der Waals surface area (Å²) in [5.41, 5.74) is 3.82. The highest BCUT2D eigenvalue weighted by Crippen LogP contribution is 2.29. The van der Waals surface area contributed by atoms with E-state index < -0.39 is 9.84 Å². The molecule has 2 aliphatic heterocycles. The molecule has 2 atom stereocenters. The second-order valence-electron chi connectivity index (χ2n) is 7.91. The number of piperazine rings is 1. The van der Waals surface area contributed by atoms with E-state index in [4.69, 9.17) is 0 Å². The van der Waals surface area contributed by atoms with Gasteiger partial charge in [0.25, 0.3) is 5.91 Å². The summed E-state index contributed by atoms with van der Waals surface area (Å²) in [6, 6.07) is 9.24. The summed E-state index contributed by atoms with van der Waals surface area (Å²) < 4.78 is 24.9. The summed E-state index contributed by atoms with van der Waals surface area (Å²) in [6.07, 6.45) is 3.50. The van der Waals surface area contributed by atoms with Crippen molar-refractivity contribution < 1.29 is 13.2 Å². The van der Waals surface area contributed by atoms with Gasteiger partial charge in [-0.2, -0.15) is 0 Å². The second-order valence-corrected chi connectivity index (χ2v) is 10.1. The average molecular weight is 400 g/mol. The van der Waals surface area contributed by atoms with E-state index in [1.165, 1.54) is 0 Å². The maximum atomic E-state index is 13.2. The lowest BCUT2D eigenvalue weighted by molar-refractivity contribution is 0.0306. The molecule has 28 heavy (non-hydrogen) atoms. The fraction of sp³-hybridized carbons (Fsp3) is 0.429. The van der Waals surface area contributed by atoms with Gasteiger partial charge in [-0.25, -0.2) is 8.42 Å². The first-order chi connectivity index (χ1) is 13.3. The number of fused-ring (bicyclic) bond motifs is 1. The smallest absolute Gasteiger partial charge is 0.254 e. The third kappa shape index (κ3) is 3.82. The number of hydrogen-bond acceptors (Lipinski definition) is 5. The highest BCUT2D eigenvalue weighted by molar-refractivity contribution is 7.91. The molecule has 7 heteroatoms. The maximum Gasteiger partial charge on any atom is 0.254 e. The molecule has 3 heterocycles. The normalized spacial score (nSPS) is 24.1. The van der Waals surface area contributed by atoms with Crippen LogP contribution >= 0.6 is 0 Å². The van der Waals surface area contributed by atoms with Gasteiger partial charge >= 0.3 is 0 Å². The van der Waals surface area contributed by atoms with Gasteiger partial charge in [-0.05, 0) is 43.7 Å². The highest BCUT2D eigenvalue weighted by atomic mass is 32.2. The van der Waals surface area contributed by atoms with Crippen molar-refractivity contribution in [3.8, 4) is 0 Å². The SMILES string of the molecule is Cc1cc(C)cc(C(=O)N2CCN(Cc3ccncc3)C3CS(=O)(=O)CC32)c1. The lowest BCUT2D eigenvalue weighted by atomic mass is 10.0. The Morgan fingerprint density at radius 1 is 1.04 bits per heavy atom. The van der Waals surface area contributed by atoms with Crippen LogP contribution in [0.15, 0.2) is 42.7 Å². The molecular weight excluding hydrogens is 374 g/mol. The predicted molar refractivity (Wildman–Crippen MR) is 108 cm³/mol. The van der Waals surface area contributed by atoms with E-state index in [1.807, 2.05) is 44.2 Å². The van der Waals surface area contributed by atoms with Crippen LogP contribution in [0.25, 0.3) is 0 Å². The molecule has 0 spiro atoms. The number of rotatable bonds is 3. The van der Waals surface area contributed by atoms with Crippen molar-refractivity contribution in [1.29, 1.82) is 0 Å². The monoisotopic (exact) mass is 399 g/mol. The average Bonchev–Trinajstić information content (AvgIpc) is 2.97. The first-order valence-electron chi connectivity index (χ1n) is 9.55. The molecule has 1 aromatic heterocycles. The van der Waals surface area contributed by atoms with Gasteiger partial charge in [0.15, 0.2) is 9.84 Å². The number of hydrogen-bond donors (Lipinski definition) is 0. The number of sulfone groups is 1. The van der Waals surface area contributed by atoms with Crippen molar-refractivity contribution in [2.45, 2.75) is 32.5 Å². The Morgan fingerprint density at radius 3 is 2.36 bits per heavy atom. The van der Waals surface area contributed by atoms with Crippen molar-refractivity contribution >= 4 is 15.7 Å². The molecule has 0 radical (unpaired) electrons. The Bertz CT molecular complexity index is 971. The van der Waals surface area contributed by atoms with Gasteiger partial charge in [-0.15, -0.1) is 0 Å². The van der Waals surface area contributed by atoms with Gasteiger partial charge in [0.1, 0.15) is 0 Å². The van der Waals surface area contributed by atoms with Crippen LogP contribution < -0.4 is 0 Å². The molecular formula is C21H25N3O3S. The fourth-order valence-corrected chi connectivity index (χ4v) is 6.47. The Hall–Kier alpha value is -2.25. The van der Waals surface area contributed by atoms with Crippen LogP contribution in [-0.2, 0) is 16.4 Å². The molecule has 2 fully saturated rings. The summed E-state index contributed by atoms with van der Waals surface area (Å²) in [7, 11) is -3.17. The molecule has 2 aromatic rings. The first-order valence-corrected chi connectivity index (χ1v) is 11.4. The van der Waals surface area contributed by atoms with Crippen LogP contribution in [0.1, 0.15) is 27.0 Å². The van der Waals surface area contributed by atoms with Crippen molar-refractivity contribution in [3.63, 3.8) is 0 Å². The lowest BCUT2D eigenvalue weighted by Gasteiger charge is -2.44.